The largest absolute Gasteiger partial charge is 0.303 e. The van der Waals surface area contributed by atoms with Gasteiger partial charge in [0.05, 0.1) is 0 Å². The summed E-state index contributed by atoms with van der Waals surface area (Å²) in [7, 11) is 0. The minimum absolute atomic E-state index is 0.165. The first-order chi connectivity index (χ1) is 7.61. The highest BCUT2D eigenvalue weighted by atomic mass is 16.1. The van der Waals surface area contributed by atoms with Crippen LogP contribution in [-0.2, 0) is 4.79 Å². The van der Waals surface area contributed by atoms with Crippen molar-refractivity contribution in [1.82, 2.24) is 4.90 Å². The first kappa shape index (κ1) is 12.1. The normalized spacial score (nSPS) is 32.1. The first-order valence-electron chi connectivity index (χ1n) is 6.79. The lowest BCUT2D eigenvalue weighted by Gasteiger charge is -2.42. The molecule has 2 unspecified atom stereocenters. The van der Waals surface area contributed by atoms with Crippen molar-refractivity contribution in [3.8, 4) is 0 Å². The van der Waals surface area contributed by atoms with Gasteiger partial charge in [-0.25, -0.2) is 0 Å². The number of rotatable bonds is 3. The monoisotopic (exact) mass is 223 g/mol. The Morgan fingerprint density at radius 3 is 2.56 bits per heavy atom. The molecule has 2 nitrogen and oxygen atoms in total. The third kappa shape index (κ3) is 2.85. The van der Waals surface area contributed by atoms with Crippen LogP contribution in [0.3, 0.4) is 0 Å². The Morgan fingerprint density at radius 2 is 1.88 bits per heavy atom. The molecule has 1 aliphatic heterocycles. The molecule has 0 aromatic rings. The van der Waals surface area contributed by atoms with Crippen molar-refractivity contribution in [2.24, 2.45) is 17.3 Å². The lowest BCUT2D eigenvalue weighted by Crippen LogP contribution is -2.45. The standard InChI is InChI=1S/C14H25NO/c1-14(2,11-16)10-15-8-7-12-5-3-4-6-13(12)9-15/h11-13H,3-10H2,1-2H3. The Kier molecular flexibility index (Phi) is 3.68. The van der Waals surface area contributed by atoms with E-state index in [1.54, 1.807) is 0 Å². The van der Waals surface area contributed by atoms with Crippen molar-refractivity contribution in [2.75, 3.05) is 19.6 Å². The van der Waals surface area contributed by atoms with Gasteiger partial charge in [-0.2, -0.15) is 0 Å². The van der Waals surface area contributed by atoms with Crippen molar-refractivity contribution < 1.29 is 4.79 Å². The highest BCUT2D eigenvalue weighted by Gasteiger charge is 2.32. The summed E-state index contributed by atoms with van der Waals surface area (Å²) in [6, 6.07) is 0. The zero-order valence-corrected chi connectivity index (χ0v) is 10.7. The third-order valence-corrected chi connectivity index (χ3v) is 4.33. The second-order valence-corrected chi connectivity index (χ2v) is 6.43. The van der Waals surface area contributed by atoms with Crippen LogP contribution in [0.2, 0.25) is 0 Å². The Bertz CT molecular complexity index is 249. The number of carbonyl (C=O) groups is 1. The second-order valence-electron chi connectivity index (χ2n) is 6.43. The van der Waals surface area contributed by atoms with Crippen LogP contribution in [0.25, 0.3) is 0 Å². The van der Waals surface area contributed by atoms with Crippen molar-refractivity contribution in [3.63, 3.8) is 0 Å². The summed E-state index contributed by atoms with van der Waals surface area (Å²) in [6.07, 6.45) is 8.21. The molecule has 2 atom stereocenters. The van der Waals surface area contributed by atoms with Gasteiger partial charge in [-0.3, -0.25) is 0 Å². The van der Waals surface area contributed by atoms with Crippen molar-refractivity contribution in [1.29, 1.82) is 0 Å². The quantitative estimate of drug-likeness (QED) is 0.686. The van der Waals surface area contributed by atoms with E-state index in [1.807, 2.05) is 13.8 Å². The molecule has 1 heterocycles. The zero-order chi connectivity index (χ0) is 11.6. The Balaban J connectivity index is 1.87. The topological polar surface area (TPSA) is 20.3 Å². The second kappa shape index (κ2) is 4.87. The molecule has 2 rings (SSSR count). The third-order valence-electron chi connectivity index (χ3n) is 4.33. The molecule has 92 valence electrons. The predicted molar refractivity (Wildman–Crippen MR) is 66.4 cm³/mol. The number of nitrogens with zero attached hydrogens (tertiary/aromatic N) is 1. The number of aldehydes is 1. The summed E-state index contributed by atoms with van der Waals surface area (Å²) in [6.45, 7) is 7.49. The Labute approximate surface area is 99.4 Å². The van der Waals surface area contributed by atoms with Crippen LogP contribution in [-0.4, -0.2) is 30.8 Å². The number of hydrogen-bond donors (Lipinski definition) is 0. The van der Waals surface area contributed by atoms with Crippen molar-refractivity contribution in [2.45, 2.75) is 46.0 Å². The number of fused-ring (bicyclic) bond motifs is 1. The van der Waals surface area contributed by atoms with E-state index in [-0.39, 0.29) is 5.41 Å². The maximum atomic E-state index is 11.0. The molecule has 0 amide bonds. The van der Waals surface area contributed by atoms with Crippen LogP contribution >= 0.6 is 0 Å². The average molecular weight is 223 g/mol. The molecule has 1 saturated heterocycles. The average Bonchev–Trinajstić information content (AvgIpc) is 2.28. The zero-order valence-electron chi connectivity index (χ0n) is 10.7. The summed E-state index contributed by atoms with van der Waals surface area (Å²) in [5, 5.41) is 0. The van der Waals surface area contributed by atoms with Gasteiger partial charge in [0.2, 0.25) is 0 Å². The predicted octanol–water partition coefficient (Wildman–Crippen LogP) is 2.72. The fourth-order valence-electron chi connectivity index (χ4n) is 3.43. The van der Waals surface area contributed by atoms with Gasteiger partial charge in [-0.15, -0.1) is 0 Å². The number of carbonyl (C=O) groups excluding carboxylic acids is 1. The van der Waals surface area contributed by atoms with Gasteiger partial charge in [-0.05, 0) is 31.2 Å². The minimum Gasteiger partial charge on any atom is -0.303 e. The van der Waals surface area contributed by atoms with Gasteiger partial charge in [0.25, 0.3) is 0 Å². The van der Waals surface area contributed by atoms with Gasteiger partial charge in [0.1, 0.15) is 6.29 Å². The van der Waals surface area contributed by atoms with Gasteiger partial charge in [0.15, 0.2) is 0 Å². The van der Waals surface area contributed by atoms with E-state index in [1.165, 1.54) is 45.2 Å². The maximum absolute atomic E-state index is 11.0. The van der Waals surface area contributed by atoms with E-state index in [0.717, 1.165) is 24.7 Å². The Morgan fingerprint density at radius 1 is 1.19 bits per heavy atom. The van der Waals surface area contributed by atoms with Crippen LogP contribution < -0.4 is 0 Å². The number of piperidine rings is 1. The molecule has 2 fully saturated rings. The summed E-state index contributed by atoms with van der Waals surface area (Å²) >= 11 is 0. The summed E-state index contributed by atoms with van der Waals surface area (Å²) in [5.41, 5.74) is -0.165. The molecule has 0 radical (unpaired) electrons. The van der Waals surface area contributed by atoms with Gasteiger partial charge in [-0.1, -0.05) is 33.1 Å². The van der Waals surface area contributed by atoms with Gasteiger partial charge in [0, 0.05) is 18.5 Å². The van der Waals surface area contributed by atoms with Gasteiger partial charge < -0.3 is 9.69 Å². The Hall–Kier alpha value is -0.370. The van der Waals surface area contributed by atoms with Crippen LogP contribution in [0.4, 0.5) is 0 Å². The summed E-state index contributed by atoms with van der Waals surface area (Å²) < 4.78 is 0. The molecule has 0 N–H and O–H groups in total. The number of likely N-dealkylation sites (tertiary alicyclic amines) is 1. The van der Waals surface area contributed by atoms with Crippen LogP contribution in [0.1, 0.15) is 46.0 Å². The SMILES string of the molecule is CC(C)(C=O)CN1CCC2CCCCC2C1. The molecule has 2 aliphatic rings. The molecule has 0 aromatic carbocycles. The fraction of sp³-hybridized carbons (Fsp3) is 0.929. The lowest BCUT2D eigenvalue weighted by atomic mass is 9.75. The van der Waals surface area contributed by atoms with Crippen LogP contribution in [0.15, 0.2) is 0 Å². The lowest BCUT2D eigenvalue weighted by molar-refractivity contribution is -0.116. The molecule has 1 saturated carbocycles. The molecule has 2 heteroatoms. The van der Waals surface area contributed by atoms with E-state index < -0.39 is 0 Å². The molecule has 1 aliphatic carbocycles. The van der Waals surface area contributed by atoms with Gasteiger partial charge >= 0.3 is 0 Å². The summed E-state index contributed by atoms with van der Waals surface area (Å²) in [5.74, 6) is 1.91. The van der Waals surface area contributed by atoms with Crippen LogP contribution in [0, 0.1) is 17.3 Å². The van der Waals surface area contributed by atoms with E-state index in [0.29, 0.717) is 0 Å². The van der Waals surface area contributed by atoms with Crippen molar-refractivity contribution in [3.05, 3.63) is 0 Å². The molecule has 0 aromatic heterocycles. The smallest absolute Gasteiger partial charge is 0.126 e. The van der Waals surface area contributed by atoms with E-state index in [2.05, 4.69) is 4.90 Å². The maximum Gasteiger partial charge on any atom is 0.126 e. The van der Waals surface area contributed by atoms with E-state index in [9.17, 15) is 4.79 Å². The molecule has 16 heavy (non-hydrogen) atoms. The van der Waals surface area contributed by atoms with E-state index >= 15 is 0 Å². The highest BCUT2D eigenvalue weighted by molar-refractivity contribution is 5.58. The molecular formula is C14H25NO. The highest BCUT2D eigenvalue weighted by Crippen LogP contribution is 2.36. The molecular weight excluding hydrogens is 198 g/mol. The number of hydrogen-bond acceptors (Lipinski definition) is 2. The summed E-state index contributed by atoms with van der Waals surface area (Å²) in [4.78, 5) is 13.5. The molecule has 0 spiro atoms. The fourth-order valence-corrected chi connectivity index (χ4v) is 3.43. The van der Waals surface area contributed by atoms with E-state index in [4.69, 9.17) is 0 Å². The first-order valence-corrected chi connectivity index (χ1v) is 6.79. The minimum atomic E-state index is -0.165. The van der Waals surface area contributed by atoms with Crippen LogP contribution in [0.5, 0.6) is 0 Å². The molecule has 0 bridgehead atoms. The van der Waals surface area contributed by atoms with Crippen molar-refractivity contribution >= 4 is 6.29 Å².